The molecule has 1 aromatic heterocycles. The molecule has 0 atom stereocenters. The Morgan fingerprint density at radius 2 is 1.76 bits per heavy atom. The van der Waals surface area contributed by atoms with Crippen molar-refractivity contribution >= 4 is 11.9 Å². The Kier molecular flexibility index (Phi) is 5.16. The molecule has 6 heteroatoms. The van der Waals surface area contributed by atoms with Gasteiger partial charge < -0.3 is 9.64 Å². The average Bonchev–Trinajstić information content (AvgIpc) is 3.09. The largest absolute Gasteiger partial charge is 0.452 e. The molecule has 3 aromatic rings. The molecule has 148 valence electrons. The summed E-state index contributed by atoms with van der Waals surface area (Å²) < 4.78 is 7.07. The summed E-state index contributed by atoms with van der Waals surface area (Å²) in [7, 11) is 0. The van der Waals surface area contributed by atoms with Crippen LogP contribution in [0.4, 0.5) is 0 Å². The summed E-state index contributed by atoms with van der Waals surface area (Å²) in [6.07, 6.45) is 0.823. The highest BCUT2D eigenvalue weighted by molar-refractivity contribution is 5.91. The number of benzene rings is 2. The van der Waals surface area contributed by atoms with Crippen LogP contribution in [0.3, 0.4) is 0 Å². The van der Waals surface area contributed by atoms with Gasteiger partial charge in [0.15, 0.2) is 6.61 Å². The molecular formula is C23H23N3O3. The van der Waals surface area contributed by atoms with Gasteiger partial charge in [-0.05, 0) is 61.7 Å². The monoisotopic (exact) mass is 389 g/mol. The van der Waals surface area contributed by atoms with Crippen LogP contribution in [0.2, 0.25) is 0 Å². The zero-order valence-corrected chi connectivity index (χ0v) is 16.6. The van der Waals surface area contributed by atoms with Gasteiger partial charge in [0.05, 0.1) is 16.9 Å². The van der Waals surface area contributed by atoms with Crippen molar-refractivity contribution in [2.24, 2.45) is 0 Å². The zero-order valence-electron chi connectivity index (χ0n) is 16.6. The molecule has 0 N–H and O–H groups in total. The van der Waals surface area contributed by atoms with Crippen molar-refractivity contribution < 1.29 is 14.3 Å². The van der Waals surface area contributed by atoms with Gasteiger partial charge in [0.1, 0.15) is 0 Å². The summed E-state index contributed by atoms with van der Waals surface area (Å²) in [5, 5.41) is 4.43. The first kappa shape index (κ1) is 18.9. The van der Waals surface area contributed by atoms with Crippen molar-refractivity contribution in [3.8, 4) is 5.69 Å². The Bertz CT molecular complexity index is 1050. The van der Waals surface area contributed by atoms with E-state index in [0.717, 1.165) is 29.1 Å². The Balaban J connectivity index is 1.35. The highest BCUT2D eigenvalue weighted by Crippen LogP contribution is 2.19. The number of fused-ring (bicyclic) bond motifs is 1. The molecule has 0 fully saturated rings. The maximum atomic E-state index is 12.5. The van der Waals surface area contributed by atoms with Gasteiger partial charge in [-0.25, -0.2) is 9.48 Å². The topological polar surface area (TPSA) is 64.4 Å². The molecule has 1 aliphatic heterocycles. The van der Waals surface area contributed by atoms with E-state index < -0.39 is 5.97 Å². The van der Waals surface area contributed by atoms with E-state index in [1.165, 1.54) is 5.56 Å². The summed E-state index contributed by atoms with van der Waals surface area (Å²) in [5.74, 6) is -0.678. The molecule has 0 unspecified atom stereocenters. The van der Waals surface area contributed by atoms with Gasteiger partial charge >= 0.3 is 5.97 Å². The standard InChI is InChI=1S/C23H23N3O3/c1-16-13-17(2)26(24-16)21-9-7-19(8-10-21)23(28)29-15-22(27)25-12-11-18-5-3-4-6-20(18)14-25/h3-10,13H,11-12,14-15H2,1-2H3. The Morgan fingerprint density at radius 3 is 2.45 bits per heavy atom. The number of carbonyl (C=O) groups excluding carboxylic acids is 2. The van der Waals surface area contributed by atoms with Crippen LogP contribution in [-0.4, -0.2) is 39.7 Å². The van der Waals surface area contributed by atoms with E-state index in [1.807, 2.05) is 54.9 Å². The SMILES string of the molecule is Cc1cc(C)n(-c2ccc(C(=O)OCC(=O)N3CCc4ccccc4C3)cc2)n1. The number of aromatic nitrogens is 2. The minimum absolute atomic E-state index is 0.174. The fraction of sp³-hybridized carbons (Fsp3) is 0.261. The van der Waals surface area contributed by atoms with E-state index >= 15 is 0 Å². The van der Waals surface area contributed by atoms with Gasteiger partial charge in [-0.15, -0.1) is 0 Å². The zero-order chi connectivity index (χ0) is 20.4. The van der Waals surface area contributed by atoms with E-state index in [9.17, 15) is 9.59 Å². The molecule has 0 saturated carbocycles. The highest BCUT2D eigenvalue weighted by Gasteiger charge is 2.21. The van der Waals surface area contributed by atoms with Crippen LogP contribution in [0, 0.1) is 13.8 Å². The number of hydrogen-bond donors (Lipinski definition) is 0. The molecule has 6 nitrogen and oxygen atoms in total. The lowest BCUT2D eigenvalue weighted by Crippen LogP contribution is -2.38. The third-order valence-corrected chi connectivity index (χ3v) is 5.17. The molecule has 0 aliphatic carbocycles. The molecule has 0 spiro atoms. The normalized spacial score (nSPS) is 13.1. The van der Waals surface area contributed by atoms with Crippen LogP contribution in [0.5, 0.6) is 0 Å². The fourth-order valence-corrected chi connectivity index (χ4v) is 3.64. The molecular weight excluding hydrogens is 366 g/mol. The van der Waals surface area contributed by atoms with Crippen LogP contribution in [0.1, 0.15) is 32.9 Å². The van der Waals surface area contributed by atoms with Gasteiger partial charge in [0.25, 0.3) is 5.91 Å². The van der Waals surface area contributed by atoms with Crippen molar-refractivity contribution in [2.45, 2.75) is 26.8 Å². The summed E-state index contributed by atoms with van der Waals surface area (Å²) >= 11 is 0. The smallest absolute Gasteiger partial charge is 0.338 e. The number of hydrogen-bond acceptors (Lipinski definition) is 4. The lowest BCUT2D eigenvalue weighted by atomic mass is 10.00. The van der Waals surface area contributed by atoms with E-state index in [2.05, 4.69) is 11.2 Å². The van der Waals surface area contributed by atoms with Crippen molar-refractivity contribution in [2.75, 3.05) is 13.2 Å². The molecule has 2 aromatic carbocycles. The summed E-state index contributed by atoms with van der Waals surface area (Å²) in [6, 6.07) is 17.1. The minimum atomic E-state index is -0.504. The van der Waals surface area contributed by atoms with Gasteiger partial charge in [-0.1, -0.05) is 24.3 Å². The number of nitrogens with zero attached hydrogens (tertiary/aromatic N) is 3. The maximum Gasteiger partial charge on any atom is 0.338 e. The summed E-state index contributed by atoms with van der Waals surface area (Å²) in [4.78, 5) is 26.5. The van der Waals surface area contributed by atoms with Crippen LogP contribution in [0.15, 0.2) is 54.6 Å². The summed E-state index contributed by atoms with van der Waals surface area (Å²) in [6.45, 7) is 4.87. The average molecular weight is 389 g/mol. The Morgan fingerprint density at radius 1 is 1.03 bits per heavy atom. The number of esters is 1. The first-order valence-corrected chi connectivity index (χ1v) is 9.66. The van der Waals surface area contributed by atoms with E-state index in [-0.39, 0.29) is 12.5 Å². The predicted molar refractivity (Wildman–Crippen MR) is 109 cm³/mol. The van der Waals surface area contributed by atoms with Gasteiger partial charge in [-0.2, -0.15) is 5.10 Å². The van der Waals surface area contributed by atoms with Crippen molar-refractivity contribution in [1.29, 1.82) is 0 Å². The molecule has 29 heavy (non-hydrogen) atoms. The molecule has 4 rings (SSSR count). The molecule has 0 bridgehead atoms. The van der Waals surface area contributed by atoms with Crippen molar-refractivity contribution in [1.82, 2.24) is 14.7 Å². The molecule has 2 heterocycles. The Labute approximate surface area is 169 Å². The lowest BCUT2D eigenvalue weighted by molar-refractivity contribution is -0.135. The van der Waals surface area contributed by atoms with Gasteiger partial charge in [-0.3, -0.25) is 4.79 Å². The second-order valence-electron chi connectivity index (χ2n) is 7.30. The van der Waals surface area contributed by atoms with Gasteiger partial charge in [0.2, 0.25) is 0 Å². The summed E-state index contributed by atoms with van der Waals surface area (Å²) in [5.41, 5.74) is 5.66. The molecule has 1 amide bonds. The van der Waals surface area contributed by atoms with Crippen LogP contribution in [0.25, 0.3) is 5.69 Å². The van der Waals surface area contributed by atoms with Crippen LogP contribution in [-0.2, 0) is 22.5 Å². The predicted octanol–water partition coefficient (Wildman–Crippen LogP) is 3.23. The van der Waals surface area contributed by atoms with E-state index in [0.29, 0.717) is 18.7 Å². The number of carbonyl (C=O) groups is 2. The quantitative estimate of drug-likeness (QED) is 0.643. The second-order valence-corrected chi connectivity index (χ2v) is 7.30. The molecule has 0 radical (unpaired) electrons. The maximum absolute atomic E-state index is 12.5. The third kappa shape index (κ3) is 4.06. The van der Waals surface area contributed by atoms with Crippen LogP contribution < -0.4 is 0 Å². The molecule has 1 aliphatic rings. The van der Waals surface area contributed by atoms with Crippen molar-refractivity contribution in [3.05, 3.63) is 82.7 Å². The lowest BCUT2D eigenvalue weighted by Gasteiger charge is -2.28. The number of aryl methyl sites for hydroxylation is 2. The van der Waals surface area contributed by atoms with Crippen LogP contribution >= 0.6 is 0 Å². The number of ether oxygens (including phenoxy) is 1. The molecule has 0 saturated heterocycles. The van der Waals surface area contributed by atoms with Crippen molar-refractivity contribution in [3.63, 3.8) is 0 Å². The number of amides is 1. The van der Waals surface area contributed by atoms with Gasteiger partial charge in [0, 0.05) is 18.8 Å². The highest BCUT2D eigenvalue weighted by atomic mass is 16.5. The third-order valence-electron chi connectivity index (χ3n) is 5.17. The second kappa shape index (κ2) is 7.91. The fourth-order valence-electron chi connectivity index (χ4n) is 3.64. The minimum Gasteiger partial charge on any atom is -0.452 e. The first-order valence-electron chi connectivity index (χ1n) is 9.66. The van der Waals surface area contributed by atoms with E-state index in [4.69, 9.17) is 4.74 Å². The first-order chi connectivity index (χ1) is 14.0. The number of rotatable bonds is 4. The van der Waals surface area contributed by atoms with E-state index in [1.54, 1.807) is 17.0 Å². The Hall–Kier alpha value is -3.41.